The second-order valence-corrected chi connectivity index (χ2v) is 13.0. The van der Waals surface area contributed by atoms with Crippen molar-refractivity contribution in [1.82, 2.24) is 0 Å². The van der Waals surface area contributed by atoms with Crippen LogP contribution in [0.2, 0.25) is 0 Å². The third-order valence-electron chi connectivity index (χ3n) is 9.56. The number of hydrogen-bond acceptors (Lipinski definition) is 1. The Morgan fingerprint density at radius 2 is 1.97 bits per heavy atom. The molecule has 0 heterocycles. The lowest BCUT2D eigenvalue weighted by Crippen LogP contribution is -2.36. The van der Waals surface area contributed by atoms with E-state index >= 15 is 0 Å². The number of rotatable bonds is 5. The lowest BCUT2D eigenvalue weighted by molar-refractivity contribution is 0.0920. The summed E-state index contributed by atoms with van der Waals surface area (Å²) in [5, 5.41) is 10.6. The molecule has 0 aliphatic heterocycles. The maximum Gasteiger partial charge on any atom is 0.0790 e. The Hall–Kier alpha value is -0.820. The van der Waals surface area contributed by atoms with Gasteiger partial charge in [-0.15, -0.1) is 0 Å². The number of allylic oxidation sites excluding steroid dienone is 4. The Morgan fingerprint density at radius 3 is 2.74 bits per heavy atom. The van der Waals surface area contributed by atoms with E-state index in [0.717, 1.165) is 24.2 Å². The molecule has 4 aliphatic rings. The molecule has 4 rings (SSSR count). The van der Waals surface area contributed by atoms with Crippen molar-refractivity contribution >= 4 is 0 Å². The lowest BCUT2D eigenvalue weighted by atomic mass is 9.60. The van der Waals surface area contributed by atoms with Gasteiger partial charge in [-0.3, -0.25) is 0 Å². The lowest BCUT2D eigenvalue weighted by Gasteiger charge is -2.44. The molecule has 6 atom stereocenters. The number of hydrogen-bond donors (Lipinski definition) is 1. The molecule has 31 heavy (non-hydrogen) atoms. The highest BCUT2D eigenvalue weighted by molar-refractivity contribution is 5.31. The van der Waals surface area contributed by atoms with Crippen LogP contribution < -0.4 is 0 Å². The first-order chi connectivity index (χ1) is 14.7. The van der Waals surface area contributed by atoms with E-state index in [2.05, 4.69) is 52.8 Å². The standard InChI is InChI=1S/C30H48O/c1-21(9-7-17-29(2,3)4)26-15-16-27-23(11-8-18-30(26,27)5)14-13-22-19-24-10-6-12-25(24)28(31)20-22/h12-14,21,24,26-28,31H,6-11,15-20H2,1-5H3/b22-13+,23-14+/t21-,24+,26?,27?,28-,30-/m1/s1. The zero-order chi connectivity index (χ0) is 22.2. The number of aliphatic hydroxyl groups is 1. The van der Waals surface area contributed by atoms with Gasteiger partial charge in [-0.2, -0.15) is 0 Å². The van der Waals surface area contributed by atoms with Crippen molar-refractivity contribution < 1.29 is 5.11 Å². The molecule has 3 fully saturated rings. The highest BCUT2D eigenvalue weighted by Crippen LogP contribution is 2.60. The summed E-state index contributed by atoms with van der Waals surface area (Å²) in [5.41, 5.74) is 5.54. The summed E-state index contributed by atoms with van der Waals surface area (Å²) in [6.45, 7) is 12.3. The van der Waals surface area contributed by atoms with Crippen LogP contribution in [-0.4, -0.2) is 11.2 Å². The van der Waals surface area contributed by atoms with Crippen LogP contribution in [0.15, 0.2) is 34.9 Å². The molecule has 0 amide bonds. The molecule has 1 N–H and O–H groups in total. The summed E-state index contributed by atoms with van der Waals surface area (Å²) in [4.78, 5) is 0. The first kappa shape index (κ1) is 23.3. The minimum absolute atomic E-state index is 0.215. The van der Waals surface area contributed by atoms with Gasteiger partial charge in [0.15, 0.2) is 0 Å². The molecule has 0 spiro atoms. The molecule has 174 valence electrons. The van der Waals surface area contributed by atoms with Crippen LogP contribution in [0, 0.1) is 34.5 Å². The maximum absolute atomic E-state index is 10.6. The third-order valence-corrected chi connectivity index (χ3v) is 9.56. The molecule has 2 unspecified atom stereocenters. The normalized spacial score (nSPS) is 39.5. The topological polar surface area (TPSA) is 20.2 Å². The second-order valence-electron chi connectivity index (χ2n) is 13.0. The minimum Gasteiger partial charge on any atom is -0.388 e. The van der Waals surface area contributed by atoms with Crippen molar-refractivity contribution in [3.05, 3.63) is 34.9 Å². The average Bonchev–Trinajstić information content (AvgIpc) is 3.29. The van der Waals surface area contributed by atoms with E-state index in [-0.39, 0.29) is 6.10 Å². The van der Waals surface area contributed by atoms with E-state index in [9.17, 15) is 5.11 Å². The molecule has 0 aromatic carbocycles. The van der Waals surface area contributed by atoms with Crippen LogP contribution in [-0.2, 0) is 0 Å². The maximum atomic E-state index is 10.6. The molecular formula is C30H48O. The van der Waals surface area contributed by atoms with Crippen molar-refractivity contribution in [3.8, 4) is 0 Å². The molecule has 0 aromatic rings. The summed E-state index contributed by atoms with van der Waals surface area (Å²) in [6, 6.07) is 0. The third kappa shape index (κ3) is 5.07. The van der Waals surface area contributed by atoms with E-state index in [1.54, 1.807) is 5.57 Å². The van der Waals surface area contributed by atoms with Gasteiger partial charge in [0, 0.05) is 0 Å². The first-order valence-corrected chi connectivity index (χ1v) is 13.4. The summed E-state index contributed by atoms with van der Waals surface area (Å²) >= 11 is 0. The van der Waals surface area contributed by atoms with Crippen LogP contribution in [0.4, 0.5) is 0 Å². The predicted molar refractivity (Wildman–Crippen MR) is 133 cm³/mol. The molecule has 0 aromatic heterocycles. The fraction of sp³-hybridized carbons (Fsp3) is 0.800. The quantitative estimate of drug-likeness (QED) is 0.439. The summed E-state index contributed by atoms with van der Waals surface area (Å²) in [7, 11) is 0. The fourth-order valence-corrected chi connectivity index (χ4v) is 7.91. The van der Waals surface area contributed by atoms with Gasteiger partial charge in [-0.25, -0.2) is 0 Å². The van der Waals surface area contributed by atoms with Gasteiger partial charge in [0.25, 0.3) is 0 Å². The first-order valence-electron chi connectivity index (χ1n) is 13.4. The van der Waals surface area contributed by atoms with Crippen molar-refractivity contribution in [2.45, 2.75) is 118 Å². The van der Waals surface area contributed by atoms with Gasteiger partial charge < -0.3 is 5.11 Å². The van der Waals surface area contributed by atoms with Gasteiger partial charge in [0.1, 0.15) is 0 Å². The predicted octanol–water partition coefficient (Wildman–Crippen LogP) is 8.40. The summed E-state index contributed by atoms with van der Waals surface area (Å²) in [6.07, 6.45) is 22.6. The van der Waals surface area contributed by atoms with Crippen LogP contribution >= 0.6 is 0 Å². The zero-order valence-electron chi connectivity index (χ0n) is 21.1. The molecule has 0 radical (unpaired) electrons. The number of aliphatic hydroxyl groups excluding tert-OH is 1. The zero-order valence-corrected chi connectivity index (χ0v) is 21.1. The molecule has 1 heteroatoms. The van der Waals surface area contributed by atoms with E-state index in [1.807, 2.05) is 0 Å². The van der Waals surface area contributed by atoms with Gasteiger partial charge in [-0.1, -0.05) is 76.8 Å². The van der Waals surface area contributed by atoms with Gasteiger partial charge in [0.2, 0.25) is 0 Å². The Morgan fingerprint density at radius 1 is 1.16 bits per heavy atom. The Labute approximate surface area is 192 Å². The highest BCUT2D eigenvalue weighted by atomic mass is 16.3. The summed E-state index contributed by atoms with van der Waals surface area (Å²) < 4.78 is 0. The molecular weight excluding hydrogens is 376 g/mol. The van der Waals surface area contributed by atoms with Crippen LogP contribution in [0.25, 0.3) is 0 Å². The van der Waals surface area contributed by atoms with Crippen molar-refractivity contribution in [1.29, 1.82) is 0 Å². The molecule has 0 saturated heterocycles. The van der Waals surface area contributed by atoms with E-state index < -0.39 is 0 Å². The van der Waals surface area contributed by atoms with Crippen LogP contribution in [0.5, 0.6) is 0 Å². The van der Waals surface area contributed by atoms with Gasteiger partial charge in [0.05, 0.1) is 6.10 Å². The van der Waals surface area contributed by atoms with Gasteiger partial charge in [-0.05, 0) is 104 Å². The molecule has 4 aliphatic carbocycles. The SMILES string of the molecule is C[C@H](CCCC(C)(C)C)C1CCC2/C(=C/C=C3\C[C@@H]4CCC=C4[C@H](O)C3)CCC[C@@]21C. The van der Waals surface area contributed by atoms with Crippen molar-refractivity contribution in [3.63, 3.8) is 0 Å². The van der Waals surface area contributed by atoms with Crippen molar-refractivity contribution in [2.75, 3.05) is 0 Å². The van der Waals surface area contributed by atoms with Crippen LogP contribution in [0.3, 0.4) is 0 Å². The Kier molecular flexibility index (Phi) is 6.93. The largest absolute Gasteiger partial charge is 0.388 e. The Balaban J connectivity index is 1.42. The number of fused-ring (bicyclic) bond motifs is 2. The van der Waals surface area contributed by atoms with E-state index in [1.165, 1.54) is 81.8 Å². The summed E-state index contributed by atoms with van der Waals surface area (Å²) in [5.74, 6) is 3.17. The van der Waals surface area contributed by atoms with E-state index in [0.29, 0.717) is 16.7 Å². The van der Waals surface area contributed by atoms with Crippen LogP contribution in [0.1, 0.15) is 112 Å². The average molecular weight is 425 g/mol. The molecule has 3 saturated carbocycles. The van der Waals surface area contributed by atoms with Crippen molar-refractivity contribution in [2.24, 2.45) is 34.5 Å². The Bertz CT molecular complexity index is 732. The van der Waals surface area contributed by atoms with Gasteiger partial charge >= 0.3 is 0 Å². The van der Waals surface area contributed by atoms with E-state index in [4.69, 9.17) is 0 Å². The fourth-order valence-electron chi connectivity index (χ4n) is 7.91. The highest BCUT2D eigenvalue weighted by Gasteiger charge is 2.50. The molecule has 0 bridgehead atoms. The molecule has 1 nitrogen and oxygen atoms in total. The minimum atomic E-state index is -0.215. The smallest absolute Gasteiger partial charge is 0.0790 e. The second kappa shape index (κ2) is 9.20. The monoisotopic (exact) mass is 424 g/mol.